The van der Waals surface area contributed by atoms with Gasteiger partial charge in [-0.2, -0.15) is 0 Å². The van der Waals surface area contributed by atoms with E-state index in [2.05, 4.69) is 5.32 Å². The second-order valence-electron chi connectivity index (χ2n) is 4.92. The van der Waals surface area contributed by atoms with Crippen molar-refractivity contribution in [3.8, 4) is 0 Å². The van der Waals surface area contributed by atoms with Gasteiger partial charge in [0.15, 0.2) is 5.78 Å². The average Bonchev–Trinajstić information content (AvgIpc) is 2.48. The van der Waals surface area contributed by atoms with Gasteiger partial charge in [-0.1, -0.05) is 36.4 Å². The zero-order valence-electron chi connectivity index (χ0n) is 12.3. The minimum Gasteiger partial charge on any atom is -0.383 e. The van der Waals surface area contributed by atoms with Gasteiger partial charge in [0, 0.05) is 34.5 Å². The molecule has 3 nitrogen and oxygen atoms in total. The standard InChI is InChI=1S/C17H18FNO2S/c1-13(20)17-15(18)8-5-9-16(17)19-10-11-22(21)12-14-6-3-2-4-7-14/h2-9,19H,10-12H2,1H3/t22-/m1/s1. The molecule has 0 aromatic heterocycles. The van der Waals surface area contributed by atoms with Crippen molar-refractivity contribution in [3.63, 3.8) is 0 Å². The molecule has 2 rings (SSSR count). The molecule has 0 aliphatic heterocycles. The lowest BCUT2D eigenvalue weighted by Crippen LogP contribution is -2.14. The van der Waals surface area contributed by atoms with E-state index in [9.17, 15) is 13.4 Å². The van der Waals surface area contributed by atoms with E-state index in [4.69, 9.17) is 0 Å². The highest BCUT2D eigenvalue weighted by Gasteiger charge is 2.12. The minimum absolute atomic E-state index is 0.0522. The number of nitrogens with one attached hydrogen (secondary N) is 1. The first kappa shape index (κ1) is 16.4. The summed E-state index contributed by atoms with van der Waals surface area (Å²) in [6.07, 6.45) is 0. The van der Waals surface area contributed by atoms with Gasteiger partial charge in [0.05, 0.1) is 5.56 Å². The maximum absolute atomic E-state index is 13.7. The van der Waals surface area contributed by atoms with E-state index in [0.29, 0.717) is 23.7 Å². The Kier molecular flexibility index (Phi) is 5.83. The molecule has 116 valence electrons. The number of benzene rings is 2. The quantitative estimate of drug-likeness (QED) is 0.796. The summed E-state index contributed by atoms with van der Waals surface area (Å²) in [5.41, 5.74) is 1.52. The van der Waals surface area contributed by atoms with Gasteiger partial charge in [-0.25, -0.2) is 4.39 Å². The third kappa shape index (κ3) is 4.49. The van der Waals surface area contributed by atoms with Crippen molar-refractivity contribution >= 4 is 22.3 Å². The molecule has 0 radical (unpaired) electrons. The van der Waals surface area contributed by atoms with Crippen LogP contribution in [0.15, 0.2) is 48.5 Å². The van der Waals surface area contributed by atoms with Crippen molar-refractivity contribution in [1.82, 2.24) is 0 Å². The zero-order chi connectivity index (χ0) is 15.9. The molecule has 0 saturated carbocycles. The molecule has 0 bridgehead atoms. The van der Waals surface area contributed by atoms with Gasteiger partial charge in [0.1, 0.15) is 5.82 Å². The van der Waals surface area contributed by atoms with Crippen molar-refractivity contribution in [3.05, 3.63) is 65.5 Å². The fraction of sp³-hybridized carbons (Fsp3) is 0.235. The molecule has 5 heteroatoms. The van der Waals surface area contributed by atoms with Crippen LogP contribution in [-0.2, 0) is 16.6 Å². The highest BCUT2D eigenvalue weighted by Crippen LogP contribution is 2.19. The van der Waals surface area contributed by atoms with Crippen LogP contribution in [0.1, 0.15) is 22.8 Å². The van der Waals surface area contributed by atoms with Crippen LogP contribution in [-0.4, -0.2) is 22.3 Å². The number of Topliss-reactive ketones (excluding diaryl/α,β-unsaturated/α-hetero) is 1. The Morgan fingerprint density at radius 3 is 2.55 bits per heavy atom. The van der Waals surface area contributed by atoms with Crippen molar-refractivity contribution in [2.75, 3.05) is 17.6 Å². The molecular formula is C17H18FNO2S. The van der Waals surface area contributed by atoms with E-state index < -0.39 is 16.6 Å². The molecule has 1 N–H and O–H groups in total. The SMILES string of the molecule is CC(=O)c1c(F)cccc1NCC[S@@](=O)Cc1ccccc1. The molecule has 0 unspecified atom stereocenters. The zero-order valence-corrected chi connectivity index (χ0v) is 13.2. The second kappa shape index (κ2) is 7.84. The van der Waals surface area contributed by atoms with Gasteiger partial charge in [-0.15, -0.1) is 0 Å². The molecule has 2 aromatic rings. The van der Waals surface area contributed by atoms with E-state index >= 15 is 0 Å². The topological polar surface area (TPSA) is 46.2 Å². The highest BCUT2D eigenvalue weighted by atomic mass is 32.2. The Hall–Kier alpha value is -2.01. The molecule has 0 amide bonds. The lowest BCUT2D eigenvalue weighted by molar-refractivity contribution is 0.101. The molecule has 0 saturated heterocycles. The molecule has 2 aromatic carbocycles. The van der Waals surface area contributed by atoms with Gasteiger partial charge in [-0.3, -0.25) is 9.00 Å². The smallest absolute Gasteiger partial charge is 0.164 e. The Balaban J connectivity index is 1.90. The van der Waals surface area contributed by atoms with Crippen LogP contribution in [0.25, 0.3) is 0 Å². The first-order chi connectivity index (χ1) is 10.6. The van der Waals surface area contributed by atoms with Crippen LogP contribution < -0.4 is 5.32 Å². The number of hydrogen-bond acceptors (Lipinski definition) is 3. The van der Waals surface area contributed by atoms with E-state index in [1.54, 1.807) is 12.1 Å². The van der Waals surface area contributed by atoms with Gasteiger partial charge < -0.3 is 5.32 Å². The number of carbonyl (C=O) groups excluding carboxylic acids is 1. The second-order valence-corrected chi connectivity index (χ2v) is 6.50. The summed E-state index contributed by atoms with van der Waals surface area (Å²) in [6, 6.07) is 14.1. The summed E-state index contributed by atoms with van der Waals surface area (Å²) in [4.78, 5) is 11.5. The predicted octanol–water partition coefficient (Wildman–Crippen LogP) is 3.39. The highest BCUT2D eigenvalue weighted by molar-refractivity contribution is 7.84. The summed E-state index contributed by atoms with van der Waals surface area (Å²) in [7, 11) is -1.01. The van der Waals surface area contributed by atoms with Gasteiger partial charge in [0.25, 0.3) is 0 Å². The molecule has 0 fully saturated rings. The first-order valence-electron chi connectivity index (χ1n) is 7.00. The van der Waals surface area contributed by atoms with E-state index in [1.807, 2.05) is 30.3 Å². The number of halogens is 1. The number of hydrogen-bond donors (Lipinski definition) is 1. The van der Waals surface area contributed by atoms with Crippen LogP contribution in [0.5, 0.6) is 0 Å². The third-order valence-corrected chi connectivity index (χ3v) is 4.50. The monoisotopic (exact) mass is 319 g/mol. The minimum atomic E-state index is -1.01. The molecule has 0 heterocycles. The lowest BCUT2D eigenvalue weighted by atomic mass is 10.1. The van der Waals surface area contributed by atoms with Crippen molar-refractivity contribution < 1.29 is 13.4 Å². The largest absolute Gasteiger partial charge is 0.383 e. The van der Waals surface area contributed by atoms with Gasteiger partial charge in [-0.05, 0) is 24.6 Å². The van der Waals surface area contributed by atoms with Crippen molar-refractivity contribution in [2.24, 2.45) is 0 Å². The van der Waals surface area contributed by atoms with Crippen LogP contribution in [0.3, 0.4) is 0 Å². The summed E-state index contributed by atoms with van der Waals surface area (Å²) in [6.45, 7) is 1.75. The van der Waals surface area contributed by atoms with E-state index in [-0.39, 0.29) is 11.3 Å². The average molecular weight is 319 g/mol. The summed E-state index contributed by atoms with van der Waals surface area (Å²) >= 11 is 0. The summed E-state index contributed by atoms with van der Waals surface area (Å²) in [5, 5.41) is 3.00. The van der Waals surface area contributed by atoms with Crippen molar-refractivity contribution in [2.45, 2.75) is 12.7 Å². The molecule has 22 heavy (non-hydrogen) atoms. The van der Waals surface area contributed by atoms with Gasteiger partial charge >= 0.3 is 0 Å². The molecular weight excluding hydrogens is 301 g/mol. The number of anilines is 1. The Morgan fingerprint density at radius 2 is 1.86 bits per heavy atom. The first-order valence-corrected chi connectivity index (χ1v) is 8.49. The molecule has 0 aliphatic carbocycles. The van der Waals surface area contributed by atoms with Crippen molar-refractivity contribution in [1.29, 1.82) is 0 Å². The van der Waals surface area contributed by atoms with E-state index in [0.717, 1.165) is 5.56 Å². The summed E-state index contributed by atoms with van der Waals surface area (Å²) < 4.78 is 25.7. The van der Waals surface area contributed by atoms with Crippen LogP contribution in [0.4, 0.5) is 10.1 Å². The lowest BCUT2D eigenvalue weighted by Gasteiger charge is -2.11. The summed E-state index contributed by atoms with van der Waals surface area (Å²) in [5.74, 6) is 0.0578. The molecule has 1 atom stereocenters. The fourth-order valence-electron chi connectivity index (χ4n) is 2.16. The Bertz CT molecular complexity index is 674. The van der Waals surface area contributed by atoms with E-state index in [1.165, 1.54) is 13.0 Å². The normalized spacial score (nSPS) is 11.9. The predicted molar refractivity (Wildman–Crippen MR) is 88.0 cm³/mol. The maximum atomic E-state index is 13.7. The third-order valence-electron chi connectivity index (χ3n) is 3.18. The van der Waals surface area contributed by atoms with Gasteiger partial charge in [0.2, 0.25) is 0 Å². The Labute approximate surface area is 132 Å². The van der Waals surface area contributed by atoms with Crippen LogP contribution in [0.2, 0.25) is 0 Å². The Morgan fingerprint density at radius 1 is 1.14 bits per heavy atom. The maximum Gasteiger partial charge on any atom is 0.164 e. The fourth-order valence-corrected chi connectivity index (χ4v) is 3.20. The van der Waals surface area contributed by atoms with Crippen LogP contribution in [0, 0.1) is 5.82 Å². The molecule has 0 spiro atoms. The number of rotatable bonds is 7. The number of ketones is 1. The molecule has 0 aliphatic rings. The van der Waals surface area contributed by atoms with Crippen LogP contribution >= 0.6 is 0 Å². The number of carbonyl (C=O) groups is 1.